The maximum Gasteiger partial charge on any atom is 0.0541 e. The minimum Gasteiger partial charge on any atom is -0.309 e. The molecule has 0 saturated carbocycles. The van der Waals surface area contributed by atoms with Gasteiger partial charge in [-0.25, -0.2) is 0 Å². The Bertz CT molecular complexity index is 2290. The number of fused-ring (bicyclic) bond motifs is 6. The Kier molecular flexibility index (Phi) is 5.54. The number of hydrogen-bond donors (Lipinski definition) is 0. The number of benzene rings is 7. The molecule has 0 bridgehead atoms. The number of rotatable bonds is 4. The highest BCUT2D eigenvalue weighted by molar-refractivity contribution is 6.11. The molecular weight excluding hydrogens is 532 g/mol. The van der Waals surface area contributed by atoms with Crippen LogP contribution in [0.5, 0.6) is 0 Å². The first-order chi connectivity index (χ1) is 21.8. The van der Waals surface area contributed by atoms with Crippen LogP contribution in [0.1, 0.15) is 0 Å². The minimum atomic E-state index is 1.15. The van der Waals surface area contributed by atoms with Crippen molar-refractivity contribution in [2.45, 2.75) is 0 Å². The summed E-state index contributed by atoms with van der Waals surface area (Å²) in [5.41, 5.74) is 12.1. The molecule has 2 nitrogen and oxygen atoms in total. The van der Waals surface area contributed by atoms with Crippen LogP contribution in [0.2, 0.25) is 0 Å². The van der Waals surface area contributed by atoms with Gasteiger partial charge in [-0.2, -0.15) is 0 Å². The molecule has 0 saturated heterocycles. The number of para-hydroxylation sites is 2. The van der Waals surface area contributed by atoms with Crippen molar-refractivity contribution in [3.8, 4) is 33.6 Å². The van der Waals surface area contributed by atoms with Crippen LogP contribution >= 0.6 is 0 Å². The monoisotopic (exact) mass is 560 g/mol. The van der Waals surface area contributed by atoms with Crippen molar-refractivity contribution >= 4 is 43.6 Å². The fourth-order valence-corrected chi connectivity index (χ4v) is 6.87. The van der Waals surface area contributed by atoms with Crippen LogP contribution in [0, 0.1) is 0 Å². The zero-order chi connectivity index (χ0) is 29.0. The quantitative estimate of drug-likeness (QED) is 0.203. The molecule has 0 aliphatic heterocycles. The molecule has 9 aromatic rings. The summed E-state index contributed by atoms with van der Waals surface area (Å²) >= 11 is 0. The first kappa shape index (κ1) is 24.7. The van der Waals surface area contributed by atoms with E-state index < -0.39 is 0 Å². The Labute approximate surface area is 255 Å². The molecule has 9 rings (SSSR count). The van der Waals surface area contributed by atoms with E-state index >= 15 is 0 Å². The summed E-state index contributed by atoms with van der Waals surface area (Å²) in [5, 5.41) is 5.06. The fourth-order valence-electron chi connectivity index (χ4n) is 6.87. The molecule has 0 atom stereocenters. The van der Waals surface area contributed by atoms with Crippen LogP contribution in [0.25, 0.3) is 77.2 Å². The van der Waals surface area contributed by atoms with Gasteiger partial charge in [-0.1, -0.05) is 109 Å². The first-order valence-corrected chi connectivity index (χ1v) is 15.1. The van der Waals surface area contributed by atoms with E-state index in [1.165, 1.54) is 65.9 Å². The second-order valence-corrected chi connectivity index (χ2v) is 11.4. The Morgan fingerprint density at radius 1 is 0.250 bits per heavy atom. The molecule has 0 unspecified atom stereocenters. The van der Waals surface area contributed by atoms with Gasteiger partial charge in [-0.05, 0) is 82.9 Å². The molecule has 44 heavy (non-hydrogen) atoms. The van der Waals surface area contributed by atoms with Crippen molar-refractivity contribution in [2.24, 2.45) is 0 Å². The lowest BCUT2D eigenvalue weighted by molar-refractivity contribution is 1.14. The predicted octanol–water partition coefficient (Wildman–Crippen LogP) is 11.2. The third kappa shape index (κ3) is 3.82. The molecule has 0 aliphatic carbocycles. The summed E-state index contributed by atoms with van der Waals surface area (Å²) in [5.74, 6) is 0. The lowest BCUT2D eigenvalue weighted by atomic mass is 10.0. The Morgan fingerprint density at radius 2 is 0.614 bits per heavy atom. The molecule has 0 amide bonds. The Morgan fingerprint density at radius 3 is 1.05 bits per heavy atom. The first-order valence-electron chi connectivity index (χ1n) is 15.1. The van der Waals surface area contributed by atoms with Crippen molar-refractivity contribution < 1.29 is 0 Å². The molecular formula is C42H28N2. The topological polar surface area (TPSA) is 9.86 Å². The third-order valence-electron chi connectivity index (χ3n) is 8.93. The molecule has 0 radical (unpaired) electrons. The number of aromatic nitrogens is 2. The summed E-state index contributed by atoms with van der Waals surface area (Å²) in [6, 6.07) is 61.4. The number of nitrogens with zero attached hydrogens (tertiary/aromatic N) is 2. The normalized spacial score (nSPS) is 11.6. The zero-order valence-electron chi connectivity index (χ0n) is 24.1. The second kappa shape index (κ2) is 9.86. The van der Waals surface area contributed by atoms with Crippen LogP contribution < -0.4 is 0 Å². The predicted molar refractivity (Wildman–Crippen MR) is 186 cm³/mol. The van der Waals surface area contributed by atoms with Gasteiger partial charge >= 0.3 is 0 Å². The van der Waals surface area contributed by atoms with E-state index in [-0.39, 0.29) is 0 Å². The smallest absolute Gasteiger partial charge is 0.0541 e. The van der Waals surface area contributed by atoms with E-state index in [0.717, 1.165) is 11.4 Å². The fraction of sp³-hybridized carbons (Fsp3) is 0. The highest BCUT2D eigenvalue weighted by Crippen LogP contribution is 2.37. The maximum atomic E-state index is 2.39. The Balaban J connectivity index is 1.19. The Hall–Kier alpha value is -5.86. The highest BCUT2D eigenvalue weighted by Gasteiger charge is 2.16. The zero-order valence-corrected chi connectivity index (χ0v) is 24.1. The molecule has 206 valence electrons. The van der Waals surface area contributed by atoms with Crippen LogP contribution in [0.4, 0.5) is 0 Å². The van der Waals surface area contributed by atoms with Crippen molar-refractivity contribution in [3.63, 3.8) is 0 Å². The average Bonchev–Trinajstić information content (AvgIpc) is 3.61. The van der Waals surface area contributed by atoms with Gasteiger partial charge in [-0.3, -0.25) is 0 Å². The largest absolute Gasteiger partial charge is 0.309 e. The van der Waals surface area contributed by atoms with Crippen LogP contribution in [-0.4, -0.2) is 9.13 Å². The van der Waals surface area contributed by atoms with Crippen LogP contribution in [-0.2, 0) is 0 Å². The summed E-state index contributed by atoms with van der Waals surface area (Å²) in [7, 11) is 0. The third-order valence-corrected chi connectivity index (χ3v) is 8.93. The van der Waals surface area contributed by atoms with Gasteiger partial charge in [0.1, 0.15) is 0 Å². The van der Waals surface area contributed by atoms with Crippen molar-refractivity contribution in [1.82, 2.24) is 9.13 Å². The van der Waals surface area contributed by atoms with Crippen molar-refractivity contribution in [2.75, 3.05) is 0 Å². The molecule has 2 aromatic heterocycles. The van der Waals surface area contributed by atoms with Gasteiger partial charge in [0.15, 0.2) is 0 Å². The van der Waals surface area contributed by atoms with Gasteiger partial charge in [0, 0.05) is 32.9 Å². The van der Waals surface area contributed by atoms with E-state index in [1.807, 2.05) is 0 Å². The minimum absolute atomic E-state index is 1.15. The van der Waals surface area contributed by atoms with Crippen molar-refractivity contribution in [3.05, 3.63) is 170 Å². The molecule has 7 aromatic carbocycles. The molecule has 0 N–H and O–H groups in total. The van der Waals surface area contributed by atoms with Crippen LogP contribution in [0.3, 0.4) is 0 Å². The van der Waals surface area contributed by atoms with E-state index in [4.69, 9.17) is 0 Å². The highest BCUT2D eigenvalue weighted by atomic mass is 15.0. The van der Waals surface area contributed by atoms with Gasteiger partial charge in [0.2, 0.25) is 0 Å². The maximum absolute atomic E-state index is 2.39. The summed E-state index contributed by atoms with van der Waals surface area (Å²) < 4.78 is 4.78. The van der Waals surface area contributed by atoms with E-state index in [1.54, 1.807) is 0 Å². The van der Waals surface area contributed by atoms with Gasteiger partial charge in [0.25, 0.3) is 0 Å². The standard InChI is InChI=1S/C42H28N2/c1-3-11-29(12-4-1)31-19-25-41-37(27-31)35-15-7-9-17-39(35)43(41)33-21-23-34(24-22-33)44-40-18-10-8-16-36(40)38-28-32(20-26-42(38)44)30-13-5-2-6-14-30/h1-28H. The van der Waals surface area contributed by atoms with E-state index in [9.17, 15) is 0 Å². The SMILES string of the molecule is c1ccc(-c2ccc3c(c2)c2ccccc2n3-c2ccc(-n3c4ccccc4c4cc(-c5ccccc5)ccc43)cc2)cc1. The lowest BCUT2D eigenvalue weighted by Gasteiger charge is -2.12. The molecule has 0 fully saturated rings. The van der Waals surface area contributed by atoms with E-state index in [0.29, 0.717) is 0 Å². The molecule has 2 heterocycles. The lowest BCUT2D eigenvalue weighted by Crippen LogP contribution is -1.97. The summed E-state index contributed by atoms with van der Waals surface area (Å²) in [6.45, 7) is 0. The van der Waals surface area contributed by atoms with Crippen LogP contribution in [0.15, 0.2) is 170 Å². The molecule has 2 heteroatoms. The molecule has 0 aliphatic rings. The average molecular weight is 561 g/mol. The summed E-state index contributed by atoms with van der Waals surface area (Å²) in [4.78, 5) is 0. The second-order valence-electron chi connectivity index (χ2n) is 11.4. The summed E-state index contributed by atoms with van der Waals surface area (Å²) in [6.07, 6.45) is 0. The van der Waals surface area contributed by atoms with Gasteiger partial charge in [-0.15, -0.1) is 0 Å². The van der Waals surface area contributed by atoms with Gasteiger partial charge < -0.3 is 9.13 Å². The van der Waals surface area contributed by atoms with Gasteiger partial charge in [0.05, 0.1) is 22.1 Å². The van der Waals surface area contributed by atoms with Crippen molar-refractivity contribution in [1.29, 1.82) is 0 Å². The molecule has 0 spiro atoms. The number of hydrogen-bond acceptors (Lipinski definition) is 0. The van der Waals surface area contributed by atoms with E-state index in [2.05, 4.69) is 179 Å².